The number of amides is 1. The van der Waals surface area contributed by atoms with Crippen LogP contribution in [0, 0.1) is 0 Å². The Kier molecular flexibility index (Phi) is 2.47. The average Bonchev–Trinajstić information content (AvgIpc) is 2.71. The fraction of sp³-hybridized carbons (Fsp3) is 0.375. The number of hydrogen-bond acceptors (Lipinski definition) is 4. The monoisotopic (exact) mass is 261 g/mol. The van der Waals surface area contributed by atoms with Gasteiger partial charge in [-0.25, -0.2) is 9.69 Å². The zero-order chi connectivity index (χ0) is 10.1. The Morgan fingerprint density at radius 3 is 2.93 bits per heavy atom. The van der Waals surface area contributed by atoms with Gasteiger partial charge in [-0.05, 0) is 22.0 Å². The number of nitrogens with zero attached hydrogens (tertiary/aromatic N) is 1. The standard InChI is InChI=1S/C8H8BrNO4/c9-6-1-2-7(14-6)10-3-5(4-11)13-8(10)12/h1-2,5,11H,3-4H2/t5-/m1/s1. The van der Waals surface area contributed by atoms with Gasteiger partial charge in [0.15, 0.2) is 4.67 Å². The summed E-state index contributed by atoms with van der Waals surface area (Å²) in [5, 5.41) is 8.81. The van der Waals surface area contributed by atoms with Gasteiger partial charge in [-0.3, -0.25) is 0 Å². The molecule has 1 aromatic rings. The molecule has 0 aliphatic carbocycles. The molecular weight excluding hydrogens is 254 g/mol. The van der Waals surface area contributed by atoms with Crippen molar-refractivity contribution in [3.63, 3.8) is 0 Å². The quantitative estimate of drug-likeness (QED) is 0.874. The van der Waals surface area contributed by atoms with E-state index in [0.717, 1.165) is 0 Å². The second-order valence-electron chi connectivity index (χ2n) is 2.88. The van der Waals surface area contributed by atoms with Crippen molar-refractivity contribution in [2.24, 2.45) is 0 Å². The van der Waals surface area contributed by atoms with E-state index in [1.165, 1.54) is 4.90 Å². The van der Waals surface area contributed by atoms with Gasteiger partial charge >= 0.3 is 6.09 Å². The SMILES string of the molecule is O=C1O[C@@H](CO)CN1c1ccc(Br)o1. The van der Waals surface area contributed by atoms with Crippen LogP contribution in [0.15, 0.2) is 21.2 Å². The third-order valence-electron chi connectivity index (χ3n) is 1.90. The number of carbonyl (C=O) groups is 1. The maximum atomic E-state index is 11.3. The van der Waals surface area contributed by atoms with Crippen LogP contribution in [0.3, 0.4) is 0 Å². The predicted octanol–water partition coefficient (Wildman–Crippen LogP) is 1.36. The van der Waals surface area contributed by atoms with Crippen molar-refractivity contribution >= 4 is 27.9 Å². The van der Waals surface area contributed by atoms with Crippen LogP contribution in [-0.4, -0.2) is 30.5 Å². The molecule has 1 aliphatic rings. The summed E-state index contributed by atoms with van der Waals surface area (Å²) < 4.78 is 10.6. The van der Waals surface area contributed by atoms with Crippen molar-refractivity contribution in [3.05, 3.63) is 16.8 Å². The van der Waals surface area contributed by atoms with Gasteiger partial charge in [-0.15, -0.1) is 0 Å². The molecular formula is C8H8BrNO4. The first-order valence-electron chi connectivity index (χ1n) is 4.05. The van der Waals surface area contributed by atoms with Crippen molar-refractivity contribution in [2.75, 3.05) is 18.1 Å². The molecule has 0 aromatic carbocycles. The minimum Gasteiger partial charge on any atom is -0.441 e. The van der Waals surface area contributed by atoms with E-state index >= 15 is 0 Å². The topological polar surface area (TPSA) is 62.9 Å². The van der Waals surface area contributed by atoms with E-state index in [4.69, 9.17) is 14.3 Å². The molecule has 1 fully saturated rings. The highest BCUT2D eigenvalue weighted by molar-refractivity contribution is 9.10. The lowest BCUT2D eigenvalue weighted by Gasteiger charge is -2.07. The third kappa shape index (κ3) is 1.62. The maximum absolute atomic E-state index is 11.3. The number of halogens is 1. The lowest BCUT2D eigenvalue weighted by atomic mass is 10.4. The highest BCUT2D eigenvalue weighted by Gasteiger charge is 2.33. The van der Waals surface area contributed by atoms with Crippen LogP contribution in [0.1, 0.15) is 0 Å². The predicted molar refractivity (Wildman–Crippen MR) is 51.1 cm³/mol. The number of aliphatic hydroxyl groups is 1. The van der Waals surface area contributed by atoms with Crippen LogP contribution >= 0.6 is 15.9 Å². The Bertz CT molecular complexity index is 351. The minimum absolute atomic E-state index is 0.176. The van der Waals surface area contributed by atoms with E-state index in [-0.39, 0.29) is 6.61 Å². The van der Waals surface area contributed by atoms with Crippen LogP contribution < -0.4 is 4.90 Å². The van der Waals surface area contributed by atoms with Crippen LogP contribution in [0.5, 0.6) is 0 Å². The average molecular weight is 262 g/mol. The molecule has 6 heteroatoms. The van der Waals surface area contributed by atoms with Crippen LogP contribution in [0.4, 0.5) is 10.7 Å². The molecule has 0 saturated carbocycles. The number of carbonyl (C=O) groups excluding carboxylic acids is 1. The molecule has 1 aliphatic heterocycles. The molecule has 1 N–H and O–H groups in total. The number of ether oxygens (including phenoxy) is 1. The molecule has 76 valence electrons. The van der Waals surface area contributed by atoms with E-state index in [1.807, 2.05) is 0 Å². The summed E-state index contributed by atoms with van der Waals surface area (Å²) in [4.78, 5) is 12.6. The Hall–Kier alpha value is -1.01. The van der Waals surface area contributed by atoms with Crippen LogP contribution in [-0.2, 0) is 4.74 Å². The Labute approximate surface area is 88.4 Å². The normalized spacial score (nSPS) is 21.4. The highest BCUT2D eigenvalue weighted by Crippen LogP contribution is 2.26. The molecule has 1 aromatic heterocycles. The molecule has 1 amide bonds. The van der Waals surface area contributed by atoms with Gasteiger partial charge < -0.3 is 14.3 Å². The number of furan rings is 1. The molecule has 0 radical (unpaired) electrons. The zero-order valence-corrected chi connectivity index (χ0v) is 8.73. The first kappa shape index (κ1) is 9.54. The van der Waals surface area contributed by atoms with E-state index in [2.05, 4.69) is 15.9 Å². The Morgan fingerprint density at radius 2 is 2.43 bits per heavy atom. The van der Waals surface area contributed by atoms with E-state index in [1.54, 1.807) is 12.1 Å². The Balaban J connectivity index is 2.16. The molecule has 2 rings (SSSR count). The second kappa shape index (κ2) is 3.62. The van der Waals surface area contributed by atoms with Crippen molar-refractivity contribution in [1.82, 2.24) is 0 Å². The van der Waals surface area contributed by atoms with Crippen LogP contribution in [0.25, 0.3) is 0 Å². The molecule has 14 heavy (non-hydrogen) atoms. The fourth-order valence-electron chi connectivity index (χ4n) is 1.25. The lowest BCUT2D eigenvalue weighted by Crippen LogP contribution is -2.24. The van der Waals surface area contributed by atoms with Crippen molar-refractivity contribution in [1.29, 1.82) is 0 Å². The van der Waals surface area contributed by atoms with E-state index in [9.17, 15) is 4.79 Å². The van der Waals surface area contributed by atoms with Gasteiger partial charge in [-0.2, -0.15) is 0 Å². The molecule has 1 atom stereocenters. The number of cyclic esters (lactones) is 1. The van der Waals surface area contributed by atoms with Crippen molar-refractivity contribution < 1.29 is 19.1 Å². The lowest BCUT2D eigenvalue weighted by molar-refractivity contribution is 0.0963. The summed E-state index contributed by atoms with van der Waals surface area (Å²) in [6.45, 7) is 0.138. The minimum atomic E-state index is -0.495. The fourth-order valence-corrected chi connectivity index (χ4v) is 1.54. The number of rotatable bonds is 2. The molecule has 5 nitrogen and oxygen atoms in total. The smallest absolute Gasteiger partial charge is 0.417 e. The van der Waals surface area contributed by atoms with Gasteiger partial charge in [0.2, 0.25) is 5.88 Å². The van der Waals surface area contributed by atoms with E-state index in [0.29, 0.717) is 17.1 Å². The largest absolute Gasteiger partial charge is 0.441 e. The second-order valence-corrected chi connectivity index (χ2v) is 3.66. The maximum Gasteiger partial charge on any atom is 0.417 e. The summed E-state index contributed by atoms with van der Waals surface area (Å²) >= 11 is 3.14. The molecule has 1 saturated heterocycles. The van der Waals surface area contributed by atoms with Crippen LogP contribution in [0.2, 0.25) is 0 Å². The summed E-state index contributed by atoms with van der Waals surface area (Å²) in [7, 11) is 0. The van der Waals surface area contributed by atoms with E-state index < -0.39 is 12.2 Å². The Morgan fingerprint density at radius 1 is 1.64 bits per heavy atom. The first-order chi connectivity index (χ1) is 6.70. The van der Waals surface area contributed by atoms with Crippen molar-refractivity contribution in [2.45, 2.75) is 6.10 Å². The van der Waals surface area contributed by atoms with Gasteiger partial charge in [0, 0.05) is 6.07 Å². The summed E-state index contributed by atoms with van der Waals surface area (Å²) in [6.07, 6.45) is -0.961. The molecule has 0 bridgehead atoms. The highest BCUT2D eigenvalue weighted by atomic mass is 79.9. The third-order valence-corrected chi connectivity index (χ3v) is 2.33. The number of hydrogen-bond donors (Lipinski definition) is 1. The van der Waals surface area contributed by atoms with Gasteiger partial charge in [-0.1, -0.05) is 0 Å². The number of anilines is 1. The molecule has 0 spiro atoms. The van der Waals surface area contributed by atoms with Gasteiger partial charge in [0.1, 0.15) is 6.10 Å². The summed E-state index contributed by atoms with van der Waals surface area (Å²) in [6, 6.07) is 3.35. The van der Waals surface area contributed by atoms with Crippen molar-refractivity contribution in [3.8, 4) is 0 Å². The summed E-state index contributed by atoms with van der Waals surface area (Å²) in [5.41, 5.74) is 0. The molecule has 0 unspecified atom stereocenters. The zero-order valence-electron chi connectivity index (χ0n) is 7.14. The first-order valence-corrected chi connectivity index (χ1v) is 4.84. The summed E-state index contributed by atoms with van der Waals surface area (Å²) in [5.74, 6) is 0.415. The van der Waals surface area contributed by atoms with Gasteiger partial charge in [0.25, 0.3) is 0 Å². The van der Waals surface area contributed by atoms with Gasteiger partial charge in [0.05, 0.1) is 13.2 Å². The molecule has 2 heterocycles. The number of aliphatic hydroxyl groups excluding tert-OH is 1.